The van der Waals surface area contributed by atoms with Crippen LogP contribution in [0.1, 0.15) is 57.9 Å². The number of anilines is 1. The average molecular weight is 330 g/mol. The number of nitrogens with one attached hydrogen (secondary N) is 1. The van der Waals surface area contributed by atoms with E-state index in [1.165, 1.54) is 19.3 Å². The van der Waals surface area contributed by atoms with Crippen LogP contribution in [0.25, 0.3) is 0 Å². The molecule has 0 radical (unpaired) electrons. The fraction of sp³-hybridized carbons (Fsp3) is 0.600. The van der Waals surface area contributed by atoms with Crippen molar-refractivity contribution in [2.45, 2.75) is 65.3 Å². The molecule has 0 aliphatic carbocycles. The van der Waals surface area contributed by atoms with Gasteiger partial charge in [-0.15, -0.1) is 0 Å². The van der Waals surface area contributed by atoms with Gasteiger partial charge in [-0.1, -0.05) is 44.7 Å². The second-order valence-corrected chi connectivity index (χ2v) is 7.00. The van der Waals surface area contributed by atoms with E-state index >= 15 is 0 Å². The quantitative estimate of drug-likeness (QED) is 0.737. The molecule has 1 aromatic rings. The van der Waals surface area contributed by atoms with E-state index in [0.717, 1.165) is 24.1 Å². The van der Waals surface area contributed by atoms with Crippen LogP contribution in [0.15, 0.2) is 24.3 Å². The van der Waals surface area contributed by atoms with Gasteiger partial charge in [0.15, 0.2) is 0 Å². The minimum Gasteiger partial charge on any atom is -0.353 e. The summed E-state index contributed by atoms with van der Waals surface area (Å²) in [7, 11) is 0. The predicted octanol–water partition coefficient (Wildman–Crippen LogP) is 3.82. The number of hydrogen-bond donors (Lipinski definition) is 1. The standard InChI is InChI=1S/C20H30N2O2/c1-4-5-6-7-10-16(3)21-20(24)17-13-19(23)22(14-17)18-11-8-9-15(2)12-18/h8-9,11-12,16-17H,4-7,10,13-14H2,1-3H3,(H,21,24). The topological polar surface area (TPSA) is 49.4 Å². The number of carbonyl (C=O) groups is 2. The van der Waals surface area contributed by atoms with Gasteiger partial charge in [0.1, 0.15) is 0 Å². The molecule has 0 saturated carbocycles. The monoisotopic (exact) mass is 330 g/mol. The van der Waals surface area contributed by atoms with Crippen molar-refractivity contribution in [3.63, 3.8) is 0 Å². The summed E-state index contributed by atoms with van der Waals surface area (Å²) in [5.41, 5.74) is 2.01. The van der Waals surface area contributed by atoms with Crippen LogP contribution in [0, 0.1) is 12.8 Å². The van der Waals surface area contributed by atoms with E-state index in [1.807, 2.05) is 31.2 Å². The van der Waals surface area contributed by atoms with Crippen molar-refractivity contribution in [3.8, 4) is 0 Å². The van der Waals surface area contributed by atoms with E-state index in [0.29, 0.717) is 13.0 Å². The molecule has 1 aliphatic heterocycles. The van der Waals surface area contributed by atoms with E-state index in [-0.39, 0.29) is 23.8 Å². The van der Waals surface area contributed by atoms with Crippen LogP contribution in [-0.2, 0) is 9.59 Å². The van der Waals surface area contributed by atoms with Crippen LogP contribution >= 0.6 is 0 Å². The lowest BCUT2D eigenvalue weighted by Gasteiger charge is -2.19. The zero-order chi connectivity index (χ0) is 17.5. The largest absolute Gasteiger partial charge is 0.353 e. The van der Waals surface area contributed by atoms with Crippen molar-refractivity contribution in [1.82, 2.24) is 5.32 Å². The number of benzene rings is 1. The minimum atomic E-state index is -0.240. The second-order valence-electron chi connectivity index (χ2n) is 7.00. The zero-order valence-corrected chi connectivity index (χ0v) is 15.2. The Morgan fingerprint density at radius 2 is 2.12 bits per heavy atom. The zero-order valence-electron chi connectivity index (χ0n) is 15.2. The SMILES string of the molecule is CCCCCCC(C)NC(=O)C1CC(=O)N(c2cccc(C)c2)C1. The van der Waals surface area contributed by atoms with Gasteiger partial charge < -0.3 is 10.2 Å². The van der Waals surface area contributed by atoms with Crippen molar-refractivity contribution in [2.75, 3.05) is 11.4 Å². The Labute approximate surface area is 145 Å². The molecule has 0 bridgehead atoms. The lowest BCUT2D eigenvalue weighted by Crippen LogP contribution is -2.38. The summed E-state index contributed by atoms with van der Waals surface area (Å²) < 4.78 is 0. The van der Waals surface area contributed by atoms with Gasteiger partial charge >= 0.3 is 0 Å². The molecule has 0 spiro atoms. The number of amides is 2. The third-order valence-corrected chi connectivity index (χ3v) is 4.69. The fourth-order valence-corrected chi connectivity index (χ4v) is 3.24. The molecule has 2 amide bonds. The van der Waals surface area contributed by atoms with Crippen molar-refractivity contribution >= 4 is 17.5 Å². The molecule has 24 heavy (non-hydrogen) atoms. The molecule has 4 nitrogen and oxygen atoms in total. The molecular formula is C20H30N2O2. The first-order valence-corrected chi connectivity index (χ1v) is 9.18. The van der Waals surface area contributed by atoms with Gasteiger partial charge in [0.25, 0.3) is 0 Å². The van der Waals surface area contributed by atoms with Crippen LogP contribution < -0.4 is 10.2 Å². The lowest BCUT2D eigenvalue weighted by molar-refractivity contribution is -0.126. The molecule has 0 aromatic heterocycles. The van der Waals surface area contributed by atoms with Crippen LogP contribution in [0.2, 0.25) is 0 Å². The van der Waals surface area contributed by atoms with Crippen LogP contribution in [-0.4, -0.2) is 24.4 Å². The number of rotatable bonds is 8. The first kappa shape index (κ1) is 18.5. The third-order valence-electron chi connectivity index (χ3n) is 4.69. The average Bonchev–Trinajstić information content (AvgIpc) is 2.93. The van der Waals surface area contributed by atoms with Gasteiger partial charge in [-0.25, -0.2) is 0 Å². The van der Waals surface area contributed by atoms with Gasteiger partial charge in [-0.3, -0.25) is 9.59 Å². The van der Waals surface area contributed by atoms with Crippen molar-refractivity contribution in [2.24, 2.45) is 5.92 Å². The molecule has 1 N–H and O–H groups in total. The molecular weight excluding hydrogens is 300 g/mol. The van der Waals surface area contributed by atoms with Gasteiger partial charge in [0.2, 0.25) is 11.8 Å². The highest BCUT2D eigenvalue weighted by Gasteiger charge is 2.35. The molecule has 1 aromatic carbocycles. The van der Waals surface area contributed by atoms with E-state index in [9.17, 15) is 9.59 Å². The third kappa shape index (κ3) is 5.08. The summed E-state index contributed by atoms with van der Waals surface area (Å²) in [4.78, 5) is 26.5. The molecule has 2 rings (SSSR count). The predicted molar refractivity (Wildman–Crippen MR) is 98.0 cm³/mol. The molecule has 2 unspecified atom stereocenters. The summed E-state index contributed by atoms with van der Waals surface area (Å²) in [6, 6.07) is 8.06. The summed E-state index contributed by atoms with van der Waals surface area (Å²) in [6.07, 6.45) is 6.16. The smallest absolute Gasteiger partial charge is 0.227 e. The Bertz CT molecular complexity index is 571. The van der Waals surface area contributed by atoms with E-state index < -0.39 is 0 Å². The second kappa shape index (κ2) is 8.86. The molecule has 1 fully saturated rings. The van der Waals surface area contributed by atoms with Crippen LogP contribution in [0.4, 0.5) is 5.69 Å². The summed E-state index contributed by atoms with van der Waals surface area (Å²) in [5.74, 6) is -0.186. The Hall–Kier alpha value is -1.84. The molecule has 132 valence electrons. The van der Waals surface area contributed by atoms with E-state index in [2.05, 4.69) is 19.2 Å². The maximum absolute atomic E-state index is 12.4. The van der Waals surface area contributed by atoms with Crippen molar-refractivity contribution < 1.29 is 9.59 Å². The first-order valence-electron chi connectivity index (χ1n) is 9.18. The lowest BCUT2D eigenvalue weighted by atomic mass is 10.1. The molecule has 1 saturated heterocycles. The van der Waals surface area contributed by atoms with Crippen molar-refractivity contribution in [3.05, 3.63) is 29.8 Å². The highest BCUT2D eigenvalue weighted by atomic mass is 16.2. The van der Waals surface area contributed by atoms with E-state index in [4.69, 9.17) is 0 Å². The highest BCUT2D eigenvalue weighted by molar-refractivity contribution is 6.00. The molecule has 4 heteroatoms. The Balaban J connectivity index is 1.85. The van der Waals surface area contributed by atoms with Gasteiger partial charge in [-0.05, 0) is 38.0 Å². The van der Waals surface area contributed by atoms with Gasteiger partial charge in [0.05, 0.1) is 5.92 Å². The maximum Gasteiger partial charge on any atom is 0.227 e. The highest BCUT2D eigenvalue weighted by Crippen LogP contribution is 2.26. The molecule has 2 atom stereocenters. The number of nitrogens with zero attached hydrogens (tertiary/aromatic N) is 1. The number of carbonyl (C=O) groups excluding carboxylic acids is 2. The Morgan fingerprint density at radius 1 is 1.33 bits per heavy atom. The first-order chi connectivity index (χ1) is 11.5. The maximum atomic E-state index is 12.4. The summed E-state index contributed by atoms with van der Waals surface area (Å²) in [6.45, 7) is 6.74. The fourth-order valence-electron chi connectivity index (χ4n) is 3.24. The van der Waals surface area contributed by atoms with Crippen LogP contribution in [0.3, 0.4) is 0 Å². The molecule has 1 heterocycles. The number of hydrogen-bond acceptors (Lipinski definition) is 2. The summed E-state index contributed by atoms with van der Waals surface area (Å²) >= 11 is 0. The van der Waals surface area contributed by atoms with Gasteiger partial charge in [0, 0.05) is 24.7 Å². The number of unbranched alkanes of at least 4 members (excludes halogenated alkanes) is 3. The van der Waals surface area contributed by atoms with Crippen molar-refractivity contribution in [1.29, 1.82) is 0 Å². The molecule has 1 aliphatic rings. The van der Waals surface area contributed by atoms with Gasteiger partial charge in [-0.2, -0.15) is 0 Å². The minimum absolute atomic E-state index is 0.0153. The normalized spacial score (nSPS) is 18.7. The van der Waals surface area contributed by atoms with E-state index in [1.54, 1.807) is 4.90 Å². The van der Waals surface area contributed by atoms with Crippen LogP contribution in [0.5, 0.6) is 0 Å². The Morgan fingerprint density at radius 3 is 2.83 bits per heavy atom. The Kier molecular flexibility index (Phi) is 6.83. The summed E-state index contributed by atoms with van der Waals surface area (Å²) in [5, 5.41) is 3.08. The number of aryl methyl sites for hydroxylation is 1.